The van der Waals surface area contributed by atoms with Crippen LogP contribution in [0, 0.1) is 12.3 Å². The molecule has 0 saturated heterocycles. The zero-order chi connectivity index (χ0) is 14.5. The summed E-state index contributed by atoms with van der Waals surface area (Å²) in [5.74, 6) is -0.907. The number of hydrogen-bond acceptors (Lipinski definition) is 3. The van der Waals surface area contributed by atoms with Gasteiger partial charge in [0.15, 0.2) is 0 Å². The molecule has 0 radical (unpaired) electrons. The van der Waals surface area contributed by atoms with E-state index in [9.17, 15) is 9.90 Å². The van der Waals surface area contributed by atoms with Gasteiger partial charge in [-0.25, -0.2) is 4.79 Å². The van der Waals surface area contributed by atoms with Crippen LogP contribution in [0.25, 0.3) is 0 Å². The molecule has 1 aromatic carbocycles. The van der Waals surface area contributed by atoms with Gasteiger partial charge in [-0.15, -0.1) is 0 Å². The molecule has 0 fully saturated rings. The molecule has 106 valence electrons. The summed E-state index contributed by atoms with van der Waals surface area (Å²) in [4.78, 5) is 10.9. The van der Waals surface area contributed by atoms with Crippen molar-refractivity contribution in [3.8, 4) is 0 Å². The van der Waals surface area contributed by atoms with Gasteiger partial charge in [-0.1, -0.05) is 13.8 Å². The van der Waals surface area contributed by atoms with Crippen molar-refractivity contribution < 1.29 is 15.0 Å². The number of carboxylic acids is 1. The molecule has 3 N–H and O–H groups in total. The third kappa shape index (κ3) is 3.70. The second-order valence-electron chi connectivity index (χ2n) is 5.05. The van der Waals surface area contributed by atoms with E-state index in [1.165, 1.54) is 0 Å². The highest BCUT2D eigenvalue weighted by Crippen LogP contribution is 2.26. The lowest BCUT2D eigenvalue weighted by atomic mass is 9.83. The van der Waals surface area contributed by atoms with Crippen LogP contribution in [0.3, 0.4) is 0 Å². The number of benzene rings is 1. The first-order valence-electron chi connectivity index (χ1n) is 6.66. The predicted octanol–water partition coefficient (Wildman–Crippen LogP) is 2.90. The number of aliphatic hydroxyl groups is 1. The molecular formula is C15H23NO3. The molecule has 1 rings (SSSR count). The van der Waals surface area contributed by atoms with Gasteiger partial charge >= 0.3 is 5.97 Å². The largest absolute Gasteiger partial charge is 0.478 e. The monoisotopic (exact) mass is 265 g/mol. The highest BCUT2D eigenvalue weighted by molar-refractivity contribution is 5.89. The van der Waals surface area contributed by atoms with Crippen molar-refractivity contribution >= 4 is 11.7 Å². The minimum Gasteiger partial charge on any atom is -0.478 e. The number of rotatable bonds is 7. The van der Waals surface area contributed by atoms with E-state index in [2.05, 4.69) is 19.2 Å². The van der Waals surface area contributed by atoms with Crippen LogP contribution in [0.15, 0.2) is 18.2 Å². The number of carbonyl (C=O) groups is 1. The average Bonchev–Trinajstić information content (AvgIpc) is 2.40. The summed E-state index contributed by atoms with van der Waals surface area (Å²) in [6.07, 6.45) is 1.80. The summed E-state index contributed by atoms with van der Waals surface area (Å²) < 4.78 is 0. The molecule has 19 heavy (non-hydrogen) atoms. The number of aryl methyl sites for hydroxylation is 1. The van der Waals surface area contributed by atoms with Gasteiger partial charge in [-0.3, -0.25) is 0 Å². The minimum absolute atomic E-state index is 0.112. The first kappa shape index (κ1) is 15.5. The SMILES string of the molecule is CCC(CC)(CO)CNc1ccc(C(=O)O)c(C)c1. The van der Waals surface area contributed by atoms with Crippen molar-refractivity contribution in [2.45, 2.75) is 33.6 Å². The Balaban J connectivity index is 2.78. The Labute approximate surface area is 114 Å². The Morgan fingerprint density at radius 3 is 2.37 bits per heavy atom. The second-order valence-corrected chi connectivity index (χ2v) is 5.05. The van der Waals surface area contributed by atoms with Crippen LogP contribution in [0.4, 0.5) is 5.69 Å². The molecule has 0 amide bonds. The summed E-state index contributed by atoms with van der Waals surface area (Å²) in [5.41, 5.74) is 1.84. The second kappa shape index (κ2) is 6.57. The van der Waals surface area contributed by atoms with Gasteiger partial charge in [0.2, 0.25) is 0 Å². The summed E-state index contributed by atoms with van der Waals surface area (Å²) in [6.45, 7) is 6.76. The number of carboxylic acid groups (broad SMARTS) is 1. The fourth-order valence-electron chi connectivity index (χ4n) is 2.08. The third-order valence-corrected chi connectivity index (χ3v) is 3.96. The van der Waals surface area contributed by atoms with Crippen LogP contribution < -0.4 is 5.32 Å². The van der Waals surface area contributed by atoms with Crippen molar-refractivity contribution in [2.75, 3.05) is 18.5 Å². The van der Waals surface area contributed by atoms with E-state index in [4.69, 9.17) is 5.11 Å². The van der Waals surface area contributed by atoms with Gasteiger partial charge in [-0.2, -0.15) is 0 Å². The van der Waals surface area contributed by atoms with Gasteiger partial charge in [0, 0.05) is 17.6 Å². The van der Waals surface area contributed by atoms with Crippen molar-refractivity contribution in [2.24, 2.45) is 5.41 Å². The van der Waals surface area contributed by atoms with Gasteiger partial charge in [-0.05, 0) is 43.5 Å². The molecule has 0 atom stereocenters. The molecule has 0 spiro atoms. The van der Waals surface area contributed by atoms with E-state index in [0.29, 0.717) is 12.1 Å². The molecule has 4 nitrogen and oxygen atoms in total. The van der Waals surface area contributed by atoms with Gasteiger partial charge in [0.1, 0.15) is 0 Å². The average molecular weight is 265 g/mol. The van der Waals surface area contributed by atoms with E-state index in [-0.39, 0.29) is 12.0 Å². The maximum Gasteiger partial charge on any atom is 0.335 e. The third-order valence-electron chi connectivity index (χ3n) is 3.96. The van der Waals surface area contributed by atoms with Crippen molar-refractivity contribution in [3.63, 3.8) is 0 Å². The normalized spacial score (nSPS) is 11.4. The molecule has 4 heteroatoms. The first-order valence-corrected chi connectivity index (χ1v) is 6.66. The number of nitrogens with one attached hydrogen (secondary N) is 1. The fourth-order valence-corrected chi connectivity index (χ4v) is 2.08. The molecule has 0 heterocycles. The molecule has 0 aliphatic rings. The van der Waals surface area contributed by atoms with Crippen molar-refractivity contribution in [3.05, 3.63) is 29.3 Å². The van der Waals surface area contributed by atoms with E-state index >= 15 is 0 Å². The molecule has 0 aliphatic carbocycles. The molecule has 0 aliphatic heterocycles. The van der Waals surface area contributed by atoms with Gasteiger partial charge in [0.25, 0.3) is 0 Å². The Morgan fingerprint density at radius 1 is 1.32 bits per heavy atom. The Kier molecular flexibility index (Phi) is 5.36. The molecule has 0 bridgehead atoms. The summed E-state index contributed by atoms with van der Waals surface area (Å²) in [5, 5.41) is 21.8. The number of anilines is 1. The van der Waals surface area contributed by atoms with Crippen LogP contribution in [-0.4, -0.2) is 29.3 Å². The van der Waals surface area contributed by atoms with Gasteiger partial charge < -0.3 is 15.5 Å². The highest BCUT2D eigenvalue weighted by Gasteiger charge is 2.24. The van der Waals surface area contributed by atoms with E-state index in [1.54, 1.807) is 19.1 Å². The summed E-state index contributed by atoms with van der Waals surface area (Å²) in [6, 6.07) is 5.21. The maximum atomic E-state index is 10.9. The van der Waals surface area contributed by atoms with E-state index in [1.807, 2.05) is 6.07 Å². The van der Waals surface area contributed by atoms with Crippen LogP contribution in [0.5, 0.6) is 0 Å². The molecule has 0 saturated carbocycles. The van der Waals surface area contributed by atoms with Gasteiger partial charge in [0.05, 0.1) is 12.2 Å². The van der Waals surface area contributed by atoms with Crippen molar-refractivity contribution in [1.29, 1.82) is 0 Å². The Morgan fingerprint density at radius 2 is 1.95 bits per heavy atom. The van der Waals surface area contributed by atoms with Crippen LogP contribution in [0.2, 0.25) is 0 Å². The fraction of sp³-hybridized carbons (Fsp3) is 0.533. The van der Waals surface area contributed by atoms with Crippen molar-refractivity contribution in [1.82, 2.24) is 0 Å². The lowest BCUT2D eigenvalue weighted by Gasteiger charge is -2.30. The quantitative estimate of drug-likeness (QED) is 0.709. The zero-order valence-corrected chi connectivity index (χ0v) is 11.9. The predicted molar refractivity (Wildman–Crippen MR) is 76.7 cm³/mol. The topological polar surface area (TPSA) is 69.6 Å². The molecule has 0 unspecified atom stereocenters. The molecule has 1 aromatic rings. The lowest BCUT2D eigenvalue weighted by molar-refractivity contribution is 0.0696. The van der Waals surface area contributed by atoms with E-state index in [0.717, 1.165) is 24.1 Å². The van der Waals surface area contributed by atoms with Crippen LogP contribution >= 0.6 is 0 Å². The zero-order valence-electron chi connectivity index (χ0n) is 11.9. The number of hydrogen-bond donors (Lipinski definition) is 3. The van der Waals surface area contributed by atoms with E-state index < -0.39 is 5.97 Å². The highest BCUT2D eigenvalue weighted by atomic mass is 16.4. The lowest BCUT2D eigenvalue weighted by Crippen LogP contribution is -2.32. The molecular weight excluding hydrogens is 242 g/mol. The first-order chi connectivity index (χ1) is 8.98. The maximum absolute atomic E-state index is 10.9. The Hall–Kier alpha value is -1.55. The number of aliphatic hydroxyl groups excluding tert-OH is 1. The minimum atomic E-state index is -0.907. The molecule has 0 aromatic heterocycles. The Bertz CT molecular complexity index is 431. The summed E-state index contributed by atoms with van der Waals surface area (Å²) >= 11 is 0. The number of aromatic carboxylic acids is 1. The smallest absolute Gasteiger partial charge is 0.335 e. The van der Waals surface area contributed by atoms with Crippen LogP contribution in [-0.2, 0) is 0 Å². The van der Waals surface area contributed by atoms with Crippen LogP contribution in [0.1, 0.15) is 42.6 Å². The summed E-state index contributed by atoms with van der Waals surface area (Å²) in [7, 11) is 0. The standard InChI is InChI=1S/C15H23NO3/c1-4-15(5-2,10-17)9-16-12-6-7-13(14(18)19)11(3)8-12/h6-8,16-17H,4-5,9-10H2,1-3H3,(H,18,19).